The molecule has 0 saturated carbocycles. The molecule has 0 heterocycles. The van der Waals surface area contributed by atoms with Gasteiger partial charge in [-0.25, -0.2) is 4.79 Å². The number of aliphatic carboxylic acids is 1. The van der Waals surface area contributed by atoms with Crippen molar-refractivity contribution in [2.75, 3.05) is 6.61 Å². The maximum absolute atomic E-state index is 11.5. The van der Waals surface area contributed by atoms with Crippen LogP contribution in [0, 0.1) is 5.41 Å². The van der Waals surface area contributed by atoms with Gasteiger partial charge in [-0.3, -0.25) is 4.79 Å². The summed E-state index contributed by atoms with van der Waals surface area (Å²) in [6, 6.07) is 0. The molecule has 0 saturated heterocycles. The van der Waals surface area contributed by atoms with Gasteiger partial charge in [0.05, 0.1) is 11.5 Å². The predicted molar refractivity (Wildman–Crippen MR) is 53.2 cm³/mol. The van der Waals surface area contributed by atoms with Crippen molar-refractivity contribution in [3.63, 3.8) is 0 Å². The predicted octanol–water partition coefficient (Wildman–Crippen LogP) is 0.577. The van der Waals surface area contributed by atoms with Crippen molar-refractivity contribution >= 4 is 11.9 Å². The Hall–Kier alpha value is -1.36. The number of hydrogen-bond donors (Lipinski definition) is 2. The van der Waals surface area contributed by atoms with Gasteiger partial charge in [0.25, 0.3) is 0 Å². The first-order valence-corrected chi connectivity index (χ1v) is 4.52. The molecule has 0 bridgehead atoms. The van der Waals surface area contributed by atoms with Crippen LogP contribution in [-0.2, 0) is 14.3 Å². The van der Waals surface area contributed by atoms with E-state index in [1.54, 1.807) is 0 Å². The van der Waals surface area contributed by atoms with Crippen molar-refractivity contribution in [3.05, 3.63) is 12.7 Å². The van der Waals surface area contributed by atoms with E-state index >= 15 is 0 Å². The number of allylic oxidation sites excluding steroid dienone is 1. The Labute approximate surface area is 88.4 Å². The van der Waals surface area contributed by atoms with Gasteiger partial charge in [-0.05, 0) is 20.3 Å². The van der Waals surface area contributed by atoms with Crippen molar-refractivity contribution in [2.45, 2.75) is 26.4 Å². The van der Waals surface area contributed by atoms with E-state index in [9.17, 15) is 14.7 Å². The molecule has 0 aliphatic heterocycles. The summed E-state index contributed by atoms with van der Waals surface area (Å²) in [7, 11) is 0. The highest BCUT2D eigenvalue weighted by atomic mass is 16.6. The summed E-state index contributed by atoms with van der Waals surface area (Å²) in [6.07, 6.45) is 0.773. The van der Waals surface area contributed by atoms with E-state index in [0.717, 1.165) is 0 Å². The first-order valence-electron chi connectivity index (χ1n) is 4.52. The third-order valence-corrected chi connectivity index (χ3v) is 2.28. The van der Waals surface area contributed by atoms with Crippen LogP contribution in [0.3, 0.4) is 0 Å². The summed E-state index contributed by atoms with van der Waals surface area (Å²) in [5, 5.41) is 17.8. The van der Waals surface area contributed by atoms with Crippen LogP contribution in [0.1, 0.15) is 20.3 Å². The van der Waals surface area contributed by atoms with Crippen LogP contribution in [0.15, 0.2) is 12.7 Å². The molecule has 0 aromatic carbocycles. The van der Waals surface area contributed by atoms with Crippen molar-refractivity contribution in [2.24, 2.45) is 5.41 Å². The topological polar surface area (TPSA) is 83.8 Å². The minimum absolute atomic E-state index is 0.225. The molecule has 5 nitrogen and oxygen atoms in total. The number of ether oxygens (including phenoxy) is 1. The third kappa shape index (κ3) is 3.71. The summed E-state index contributed by atoms with van der Waals surface area (Å²) in [4.78, 5) is 21.7. The molecule has 0 aliphatic rings. The zero-order valence-electron chi connectivity index (χ0n) is 8.90. The quantitative estimate of drug-likeness (QED) is 0.501. The molecule has 5 heteroatoms. The number of carboxylic acid groups (broad SMARTS) is 1. The molecule has 15 heavy (non-hydrogen) atoms. The van der Waals surface area contributed by atoms with Gasteiger partial charge in [0, 0.05) is 0 Å². The van der Waals surface area contributed by atoms with E-state index in [1.165, 1.54) is 19.9 Å². The van der Waals surface area contributed by atoms with Crippen molar-refractivity contribution in [1.82, 2.24) is 0 Å². The second-order valence-corrected chi connectivity index (χ2v) is 3.56. The Morgan fingerprint density at radius 2 is 2.13 bits per heavy atom. The summed E-state index contributed by atoms with van der Waals surface area (Å²) in [5.74, 6) is -1.96. The van der Waals surface area contributed by atoms with Crippen molar-refractivity contribution in [1.29, 1.82) is 0 Å². The molecular weight excluding hydrogens is 200 g/mol. The van der Waals surface area contributed by atoms with Crippen LogP contribution in [0.25, 0.3) is 0 Å². The van der Waals surface area contributed by atoms with Crippen molar-refractivity contribution in [3.8, 4) is 0 Å². The lowest BCUT2D eigenvalue weighted by Crippen LogP contribution is -2.40. The lowest BCUT2D eigenvalue weighted by Gasteiger charge is -2.28. The van der Waals surface area contributed by atoms with Gasteiger partial charge in [0.2, 0.25) is 0 Å². The monoisotopic (exact) mass is 216 g/mol. The number of carbonyl (C=O) groups excluding carboxylic acids is 1. The molecule has 2 unspecified atom stereocenters. The second kappa shape index (κ2) is 5.50. The Bertz CT molecular complexity index is 259. The molecule has 0 spiro atoms. The van der Waals surface area contributed by atoms with Crippen LogP contribution in [-0.4, -0.2) is 34.9 Å². The average Bonchev–Trinajstić information content (AvgIpc) is 2.13. The molecule has 0 radical (unpaired) electrons. The molecule has 0 aliphatic carbocycles. The fraction of sp³-hybridized carbons (Fsp3) is 0.600. The van der Waals surface area contributed by atoms with Crippen molar-refractivity contribution < 1.29 is 24.5 Å². The van der Waals surface area contributed by atoms with Gasteiger partial charge in [0.1, 0.15) is 0 Å². The van der Waals surface area contributed by atoms with E-state index in [1.807, 2.05) is 0 Å². The number of hydrogen-bond acceptors (Lipinski definition) is 4. The van der Waals surface area contributed by atoms with E-state index in [2.05, 4.69) is 11.3 Å². The molecule has 2 N–H and O–H groups in total. The maximum Gasteiger partial charge on any atom is 0.341 e. The van der Waals surface area contributed by atoms with Gasteiger partial charge < -0.3 is 14.9 Å². The number of carbonyl (C=O) groups is 2. The van der Waals surface area contributed by atoms with Crippen LogP contribution < -0.4 is 0 Å². The van der Waals surface area contributed by atoms with Gasteiger partial charge in [0.15, 0.2) is 6.61 Å². The molecule has 0 amide bonds. The average molecular weight is 216 g/mol. The lowest BCUT2D eigenvalue weighted by molar-refractivity contribution is -0.167. The Morgan fingerprint density at radius 3 is 2.47 bits per heavy atom. The summed E-state index contributed by atoms with van der Waals surface area (Å²) in [5.41, 5.74) is -1.14. The summed E-state index contributed by atoms with van der Waals surface area (Å²) in [6.45, 7) is 5.73. The smallest absolute Gasteiger partial charge is 0.341 e. The Kier molecular flexibility index (Phi) is 5.00. The highest BCUT2D eigenvalue weighted by Gasteiger charge is 2.38. The second-order valence-electron chi connectivity index (χ2n) is 3.56. The van der Waals surface area contributed by atoms with Crippen LogP contribution in [0.2, 0.25) is 0 Å². The molecule has 0 rings (SSSR count). The number of carboxylic acids is 1. The number of aliphatic hydroxyl groups is 1. The number of rotatable bonds is 6. The Balaban J connectivity index is 4.55. The van der Waals surface area contributed by atoms with Gasteiger partial charge in [-0.1, -0.05) is 6.08 Å². The summed E-state index contributed by atoms with van der Waals surface area (Å²) < 4.78 is 4.54. The molecular formula is C10H16O5. The molecule has 86 valence electrons. The third-order valence-electron chi connectivity index (χ3n) is 2.28. The Morgan fingerprint density at radius 1 is 1.60 bits per heavy atom. The van der Waals surface area contributed by atoms with Crippen LogP contribution in [0.4, 0.5) is 0 Å². The highest BCUT2D eigenvalue weighted by molar-refractivity contribution is 5.80. The molecule has 0 aromatic rings. The standard InChI is InChI=1S/C10H16O5/c1-4-5-10(3,7(2)11)9(14)15-6-8(12)13/h4,7,11H,1,5-6H2,2-3H3,(H,12,13). The highest BCUT2D eigenvalue weighted by Crippen LogP contribution is 2.28. The van der Waals surface area contributed by atoms with E-state index in [-0.39, 0.29) is 6.42 Å². The zero-order valence-corrected chi connectivity index (χ0v) is 8.90. The van der Waals surface area contributed by atoms with Crippen LogP contribution in [0.5, 0.6) is 0 Å². The van der Waals surface area contributed by atoms with E-state index in [0.29, 0.717) is 0 Å². The lowest BCUT2D eigenvalue weighted by atomic mass is 9.82. The molecule has 2 atom stereocenters. The molecule has 0 fully saturated rings. The minimum Gasteiger partial charge on any atom is -0.479 e. The number of aliphatic hydroxyl groups excluding tert-OH is 1. The first kappa shape index (κ1) is 13.6. The molecule has 0 aromatic heterocycles. The normalized spacial score (nSPS) is 16.2. The minimum atomic E-state index is -1.23. The zero-order chi connectivity index (χ0) is 12.1. The van der Waals surface area contributed by atoms with Crippen LogP contribution >= 0.6 is 0 Å². The van der Waals surface area contributed by atoms with E-state index in [4.69, 9.17) is 5.11 Å². The maximum atomic E-state index is 11.5. The van der Waals surface area contributed by atoms with E-state index < -0.39 is 30.1 Å². The van der Waals surface area contributed by atoms with Gasteiger partial charge in [-0.2, -0.15) is 0 Å². The fourth-order valence-electron chi connectivity index (χ4n) is 1.02. The van der Waals surface area contributed by atoms with Gasteiger partial charge >= 0.3 is 11.9 Å². The SMILES string of the molecule is C=CCC(C)(C(=O)OCC(=O)O)C(C)O. The number of esters is 1. The fourth-order valence-corrected chi connectivity index (χ4v) is 1.02. The largest absolute Gasteiger partial charge is 0.479 e. The van der Waals surface area contributed by atoms with Gasteiger partial charge in [-0.15, -0.1) is 6.58 Å². The first-order chi connectivity index (χ1) is 6.84. The summed E-state index contributed by atoms with van der Waals surface area (Å²) >= 11 is 0.